The van der Waals surface area contributed by atoms with E-state index >= 15 is 0 Å². The average molecular weight is 516 g/mol. The third kappa shape index (κ3) is 4.49. The van der Waals surface area contributed by atoms with E-state index in [0.29, 0.717) is 21.7 Å². The van der Waals surface area contributed by atoms with Gasteiger partial charge in [0.05, 0.1) is 11.3 Å². The third-order valence-electron chi connectivity index (χ3n) is 5.66. The summed E-state index contributed by atoms with van der Waals surface area (Å²) in [6, 6.07) is 19.1. The van der Waals surface area contributed by atoms with Crippen molar-refractivity contribution in [3.8, 4) is 11.1 Å². The molecule has 2 N–H and O–H groups in total. The lowest BCUT2D eigenvalue weighted by molar-refractivity contribution is -0.137. The molecule has 1 fully saturated rings. The lowest BCUT2D eigenvalue weighted by Gasteiger charge is -2.25. The number of rotatable bonds is 4. The number of hydrazine groups is 1. The number of amides is 2. The van der Waals surface area contributed by atoms with Gasteiger partial charge in [0, 0.05) is 21.5 Å². The molecular weight excluding hydrogens is 499 g/mol. The fourth-order valence-corrected chi connectivity index (χ4v) is 5.31. The Morgan fingerprint density at radius 1 is 1.06 bits per heavy atom. The molecule has 1 aromatic heterocycles. The van der Waals surface area contributed by atoms with Crippen LogP contribution in [0.4, 0.5) is 13.2 Å². The number of thioether (sulfide) groups is 1. The molecule has 3 aromatic carbocycles. The van der Waals surface area contributed by atoms with Crippen LogP contribution in [0.2, 0.25) is 5.02 Å². The summed E-state index contributed by atoms with van der Waals surface area (Å²) in [4.78, 5) is 29.2. The van der Waals surface area contributed by atoms with Crippen molar-refractivity contribution < 1.29 is 22.8 Å². The van der Waals surface area contributed by atoms with Gasteiger partial charge in [0.2, 0.25) is 0 Å². The van der Waals surface area contributed by atoms with E-state index < -0.39 is 23.0 Å². The molecule has 0 aliphatic carbocycles. The summed E-state index contributed by atoms with van der Waals surface area (Å²) in [7, 11) is 0. The topological polar surface area (TPSA) is 65.2 Å². The van der Waals surface area contributed by atoms with Gasteiger partial charge in [-0.25, -0.2) is 5.01 Å². The highest BCUT2D eigenvalue weighted by atomic mass is 35.5. The summed E-state index contributed by atoms with van der Waals surface area (Å²) >= 11 is 7.43. The van der Waals surface area contributed by atoms with Gasteiger partial charge in [-0.2, -0.15) is 13.2 Å². The highest BCUT2D eigenvalue weighted by Gasteiger charge is 2.36. The third-order valence-corrected chi connectivity index (χ3v) is 7.11. The Bertz CT molecular complexity index is 1420. The van der Waals surface area contributed by atoms with Gasteiger partial charge in [-0.1, -0.05) is 54.1 Å². The first kappa shape index (κ1) is 23.3. The second-order valence-electron chi connectivity index (χ2n) is 7.92. The van der Waals surface area contributed by atoms with Crippen LogP contribution in [0.3, 0.4) is 0 Å². The number of hydrogen-bond donors (Lipinski definition) is 2. The van der Waals surface area contributed by atoms with Crippen LogP contribution in [-0.4, -0.2) is 27.6 Å². The van der Waals surface area contributed by atoms with Crippen molar-refractivity contribution in [2.24, 2.45) is 0 Å². The number of aromatic amines is 1. The molecule has 5 rings (SSSR count). The minimum absolute atomic E-state index is 0.0832. The van der Waals surface area contributed by atoms with Crippen LogP contribution in [0.1, 0.15) is 27.0 Å². The summed E-state index contributed by atoms with van der Waals surface area (Å²) in [5, 5.41) is 1.76. The predicted octanol–water partition coefficient (Wildman–Crippen LogP) is 6.43. The van der Waals surface area contributed by atoms with Crippen LogP contribution in [-0.2, 0) is 11.0 Å². The van der Waals surface area contributed by atoms with E-state index in [0.717, 1.165) is 23.1 Å². The zero-order valence-electron chi connectivity index (χ0n) is 17.9. The fourth-order valence-electron chi connectivity index (χ4n) is 4.03. The lowest BCUT2D eigenvalue weighted by Crippen LogP contribution is -2.44. The molecule has 1 aliphatic heterocycles. The van der Waals surface area contributed by atoms with E-state index in [9.17, 15) is 22.8 Å². The largest absolute Gasteiger partial charge is 0.416 e. The Hall–Kier alpha value is -3.43. The number of carbonyl (C=O) groups excluding carboxylic acids is 2. The minimum atomic E-state index is -4.46. The van der Waals surface area contributed by atoms with Crippen molar-refractivity contribution in [3.05, 3.63) is 94.6 Å². The van der Waals surface area contributed by atoms with E-state index in [2.05, 4.69) is 10.4 Å². The highest BCUT2D eigenvalue weighted by molar-refractivity contribution is 8.00. The van der Waals surface area contributed by atoms with Gasteiger partial charge in [-0.15, -0.1) is 11.8 Å². The monoisotopic (exact) mass is 515 g/mol. The maximum absolute atomic E-state index is 13.4. The van der Waals surface area contributed by atoms with Gasteiger partial charge in [0.1, 0.15) is 11.1 Å². The van der Waals surface area contributed by atoms with E-state index in [-0.39, 0.29) is 17.4 Å². The first-order valence-corrected chi connectivity index (χ1v) is 11.9. The Labute approximate surface area is 207 Å². The number of alkyl halides is 3. The standard InChI is InChI=1S/C25H17ClF3N3O2S/c26-17-10-11-19-18(12-17)21(14-4-2-1-3-5-14)22(30-19)23(34)31-32-20(33)13-35-24(32)15-6-8-16(9-7-15)25(27,28)29/h1-12,24,30H,13H2,(H,31,34). The summed E-state index contributed by atoms with van der Waals surface area (Å²) in [5.74, 6) is -0.822. The number of fused-ring (bicyclic) bond motifs is 1. The van der Waals surface area contributed by atoms with Gasteiger partial charge in [0.15, 0.2) is 0 Å². The van der Waals surface area contributed by atoms with Crippen LogP contribution in [0.5, 0.6) is 0 Å². The molecule has 1 atom stereocenters. The van der Waals surface area contributed by atoms with E-state index in [1.54, 1.807) is 18.2 Å². The van der Waals surface area contributed by atoms with Crippen LogP contribution in [0.25, 0.3) is 22.0 Å². The number of carbonyl (C=O) groups is 2. The number of benzene rings is 3. The Balaban J connectivity index is 1.49. The molecule has 2 amide bonds. The fraction of sp³-hybridized carbons (Fsp3) is 0.120. The zero-order valence-corrected chi connectivity index (χ0v) is 19.5. The molecular formula is C25H17ClF3N3O2S. The molecule has 4 aromatic rings. The van der Waals surface area contributed by atoms with Gasteiger partial charge in [-0.05, 0) is 41.5 Å². The first-order valence-electron chi connectivity index (χ1n) is 10.5. The van der Waals surface area contributed by atoms with Gasteiger partial charge in [0.25, 0.3) is 11.8 Å². The molecule has 35 heavy (non-hydrogen) atoms. The van der Waals surface area contributed by atoms with Crippen molar-refractivity contribution in [2.75, 3.05) is 5.75 Å². The maximum atomic E-state index is 13.4. The molecule has 0 radical (unpaired) electrons. The quantitative estimate of drug-likeness (QED) is 0.329. The Morgan fingerprint density at radius 2 is 1.77 bits per heavy atom. The summed E-state index contributed by atoms with van der Waals surface area (Å²) in [6.45, 7) is 0. The van der Waals surface area contributed by atoms with E-state index in [4.69, 9.17) is 11.6 Å². The number of hydrogen-bond acceptors (Lipinski definition) is 3. The first-order chi connectivity index (χ1) is 16.7. The minimum Gasteiger partial charge on any atom is -0.350 e. The highest BCUT2D eigenvalue weighted by Crippen LogP contribution is 2.39. The smallest absolute Gasteiger partial charge is 0.350 e. The van der Waals surface area contributed by atoms with E-state index in [1.807, 2.05) is 30.3 Å². The Kier molecular flexibility index (Phi) is 5.98. The molecule has 0 saturated carbocycles. The zero-order chi connectivity index (χ0) is 24.7. The van der Waals surface area contributed by atoms with Crippen molar-refractivity contribution >= 4 is 46.1 Å². The number of H-pyrrole nitrogens is 1. The summed E-state index contributed by atoms with van der Waals surface area (Å²) in [5.41, 5.74) is 4.70. The number of nitrogens with one attached hydrogen (secondary N) is 2. The molecule has 0 spiro atoms. The van der Waals surface area contributed by atoms with Crippen LogP contribution >= 0.6 is 23.4 Å². The molecule has 2 heterocycles. The lowest BCUT2D eigenvalue weighted by atomic mass is 10.0. The average Bonchev–Trinajstić information content (AvgIpc) is 3.39. The molecule has 0 bridgehead atoms. The number of halogens is 4. The van der Waals surface area contributed by atoms with Crippen molar-refractivity contribution in [3.63, 3.8) is 0 Å². The molecule has 1 aliphatic rings. The number of aromatic nitrogens is 1. The summed E-state index contributed by atoms with van der Waals surface area (Å²) < 4.78 is 38.8. The van der Waals surface area contributed by atoms with E-state index in [1.165, 1.54) is 28.9 Å². The molecule has 1 unspecified atom stereocenters. The molecule has 10 heteroatoms. The normalized spacial score (nSPS) is 16.2. The van der Waals surface area contributed by atoms with Gasteiger partial charge in [-0.3, -0.25) is 15.0 Å². The maximum Gasteiger partial charge on any atom is 0.416 e. The van der Waals surface area contributed by atoms with Crippen molar-refractivity contribution in [2.45, 2.75) is 11.6 Å². The predicted molar refractivity (Wildman–Crippen MR) is 130 cm³/mol. The van der Waals surface area contributed by atoms with Crippen molar-refractivity contribution in [1.82, 2.24) is 15.4 Å². The second-order valence-corrected chi connectivity index (χ2v) is 9.42. The van der Waals surface area contributed by atoms with Gasteiger partial charge >= 0.3 is 6.18 Å². The molecule has 5 nitrogen and oxygen atoms in total. The second kappa shape index (κ2) is 8.98. The van der Waals surface area contributed by atoms with Crippen LogP contribution in [0.15, 0.2) is 72.8 Å². The van der Waals surface area contributed by atoms with Gasteiger partial charge < -0.3 is 4.98 Å². The summed E-state index contributed by atoms with van der Waals surface area (Å²) in [6.07, 6.45) is -4.46. The molecule has 1 saturated heterocycles. The number of nitrogens with zero attached hydrogens (tertiary/aromatic N) is 1. The van der Waals surface area contributed by atoms with Crippen LogP contribution < -0.4 is 5.43 Å². The Morgan fingerprint density at radius 3 is 2.46 bits per heavy atom. The SMILES string of the molecule is O=C(NN1C(=O)CSC1c1ccc(C(F)(F)F)cc1)c1[nH]c2ccc(Cl)cc2c1-c1ccccc1. The molecule has 178 valence electrons. The van der Waals surface area contributed by atoms with Crippen molar-refractivity contribution in [1.29, 1.82) is 0 Å². The van der Waals surface area contributed by atoms with Crippen LogP contribution in [0, 0.1) is 0 Å².